The molecule has 0 saturated carbocycles. The molecular weight excluding hydrogens is 314 g/mol. The van der Waals surface area contributed by atoms with Crippen molar-refractivity contribution in [2.45, 2.75) is 19.8 Å². The number of rotatable bonds is 5. The van der Waals surface area contributed by atoms with Crippen molar-refractivity contribution < 1.29 is 14.3 Å². The highest BCUT2D eigenvalue weighted by Gasteiger charge is 2.15. The van der Waals surface area contributed by atoms with Gasteiger partial charge in [0, 0.05) is 11.4 Å². The lowest BCUT2D eigenvalue weighted by molar-refractivity contribution is -0.116. The van der Waals surface area contributed by atoms with Gasteiger partial charge in [0.15, 0.2) is 0 Å². The van der Waals surface area contributed by atoms with E-state index in [-0.39, 0.29) is 5.91 Å². The van der Waals surface area contributed by atoms with E-state index in [1.165, 1.54) is 7.11 Å². The Balaban J connectivity index is 2.07. The van der Waals surface area contributed by atoms with Crippen LogP contribution >= 0.6 is 11.6 Å². The van der Waals surface area contributed by atoms with Gasteiger partial charge in [-0.3, -0.25) is 4.79 Å². The molecule has 0 aliphatic rings. The van der Waals surface area contributed by atoms with Crippen LogP contribution in [0.4, 0.5) is 5.69 Å². The molecule has 0 aliphatic heterocycles. The molecule has 120 valence electrons. The summed E-state index contributed by atoms with van der Waals surface area (Å²) in [5.74, 6) is -0.636. The average molecular weight is 332 g/mol. The molecule has 0 atom stereocenters. The van der Waals surface area contributed by atoms with Crippen molar-refractivity contribution >= 4 is 29.2 Å². The van der Waals surface area contributed by atoms with E-state index in [1.807, 2.05) is 31.2 Å². The highest BCUT2D eigenvalue weighted by atomic mass is 35.5. The normalized spacial score (nSPS) is 10.2. The topological polar surface area (TPSA) is 55.4 Å². The first-order valence-corrected chi connectivity index (χ1v) is 7.61. The van der Waals surface area contributed by atoms with Crippen LogP contribution in [0.15, 0.2) is 42.5 Å². The second-order valence-electron chi connectivity index (χ2n) is 5.17. The van der Waals surface area contributed by atoms with Gasteiger partial charge in [-0.25, -0.2) is 4.79 Å². The Bertz CT molecular complexity index is 728. The minimum absolute atomic E-state index is 0.163. The van der Waals surface area contributed by atoms with Crippen LogP contribution in [-0.4, -0.2) is 19.0 Å². The number of anilines is 1. The van der Waals surface area contributed by atoms with E-state index < -0.39 is 5.97 Å². The Hall–Kier alpha value is -2.33. The molecule has 0 aliphatic carbocycles. The summed E-state index contributed by atoms with van der Waals surface area (Å²) in [5, 5.41) is 3.45. The van der Waals surface area contributed by atoms with Crippen molar-refractivity contribution in [1.82, 2.24) is 0 Å². The number of para-hydroxylation sites is 1. The quantitative estimate of drug-likeness (QED) is 0.842. The van der Waals surface area contributed by atoms with Crippen molar-refractivity contribution in [1.29, 1.82) is 0 Å². The van der Waals surface area contributed by atoms with E-state index in [1.54, 1.807) is 18.2 Å². The number of carbonyl (C=O) groups excluding carboxylic acids is 2. The van der Waals surface area contributed by atoms with Crippen LogP contribution in [0.2, 0.25) is 5.02 Å². The Kier molecular flexibility index (Phi) is 5.77. The van der Waals surface area contributed by atoms with Crippen molar-refractivity contribution in [2.24, 2.45) is 0 Å². The van der Waals surface area contributed by atoms with Gasteiger partial charge in [0.05, 0.1) is 18.4 Å². The summed E-state index contributed by atoms with van der Waals surface area (Å²) in [6.07, 6.45) is 0.876. The largest absolute Gasteiger partial charge is 0.465 e. The lowest BCUT2D eigenvalue weighted by Crippen LogP contribution is -2.16. The molecule has 0 fully saturated rings. The molecule has 4 nitrogen and oxygen atoms in total. The van der Waals surface area contributed by atoms with Crippen LogP contribution in [0.5, 0.6) is 0 Å². The Morgan fingerprint density at radius 1 is 1.17 bits per heavy atom. The van der Waals surface area contributed by atoms with Gasteiger partial charge in [0.25, 0.3) is 0 Å². The number of amides is 1. The molecule has 0 saturated heterocycles. The van der Waals surface area contributed by atoms with Crippen LogP contribution in [-0.2, 0) is 16.0 Å². The molecule has 1 N–H and O–H groups in total. The molecule has 0 spiro atoms. The molecule has 0 radical (unpaired) electrons. The second kappa shape index (κ2) is 7.79. The maximum Gasteiger partial charge on any atom is 0.339 e. The summed E-state index contributed by atoms with van der Waals surface area (Å²) in [5.41, 5.74) is 2.65. The Morgan fingerprint density at radius 2 is 1.91 bits per heavy atom. The average Bonchev–Trinajstić information content (AvgIpc) is 2.54. The van der Waals surface area contributed by atoms with Gasteiger partial charge in [0.2, 0.25) is 5.91 Å². The van der Waals surface area contributed by atoms with Crippen molar-refractivity contribution in [2.75, 3.05) is 12.4 Å². The van der Waals surface area contributed by atoms with E-state index in [4.69, 9.17) is 16.3 Å². The maximum absolute atomic E-state index is 12.2. The number of halogens is 1. The summed E-state index contributed by atoms with van der Waals surface area (Å²) in [6.45, 7) is 1.83. The first-order valence-electron chi connectivity index (χ1n) is 7.23. The molecule has 0 unspecified atom stereocenters. The molecule has 0 bridgehead atoms. The Labute approximate surface area is 140 Å². The lowest BCUT2D eigenvalue weighted by Gasteiger charge is -2.12. The summed E-state index contributed by atoms with van der Waals surface area (Å²) in [6, 6.07) is 12.6. The highest BCUT2D eigenvalue weighted by molar-refractivity contribution is 6.30. The van der Waals surface area contributed by atoms with E-state index in [0.717, 1.165) is 11.1 Å². The zero-order chi connectivity index (χ0) is 16.8. The number of esters is 1. The summed E-state index contributed by atoms with van der Waals surface area (Å²) in [4.78, 5) is 24.0. The summed E-state index contributed by atoms with van der Waals surface area (Å²) >= 11 is 5.93. The Morgan fingerprint density at radius 3 is 2.61 bits per heavy atom. The van der Waals surface area contributed by atoms with Crippen molar-refractivity contribution in [3.63, 3.8) is 0 Å². The minimum Gasteiger partial charge on any atom is -0.465 e. The van der Waals surface area contributed by atoms with Crippen LogP contribution < -0.4 is 5.32 Å². The third kappa shape index (κ3) is 4.57. The first kappa shape index (κ1) is 17.0. The van der Waals surface area contributed by atoms with Crippen LogP contribution in [0.25, 0.3) is 0 Å². The predicted octanol–water partition coefficient (Wildman–Crippen LogP) is 4.01. The number of aryl methyl sites for hydroxylation is 2. The molecule has 0 aromatic heterocycles. The standard InChI is InChI=1S/C18H18ClNO3/c1-12-5-3-8-15(18(22)23-2)17(12)20-16(21)10-9-13-6-4-7-14(19)11-13/h3-8,11H,9-10H2,1-2H3,(H,20,21). The number of hydrogen-bond donors (Lipinski definition) is 1. The van der Waals surface area contributed by atoms with Gasteiger partial charge >= 0.3 is 5.97 Å². The van der Waals surface area contributed by atoms with Gasteiger partial charge in [-0.05, 0) is 42.7 Å². The fourth-order valence-corrected chi connectivity index (χ4v) is 2.48. The minimum atomic E-state index is -0.473. The van der Waals surface area contributed by atoms with Crippen LogP contribution in [0.3, 0.4) is 0 Å². The molecule has 23 heavy (non-hydrogen) atoms. The van der Waals surface area contributed by atoms with Crippen LogP contribution in [0.1, 0.15) is 27.9 Å². The number of nitrogens with one attached hydrogen (secondary N) is 1. The zero-order valence-corrected chi connectivity index (χ0v) is 13.8. The van der Waals surface area contributed by atoms with E-state index >= 15 is 0 Å². The van der Waals surface area contributed by atoms with Crippen molar-refractivity contribution in [3.8, 4) is 0 Å². The van der Waals surface area contributed by atoms with Crippen LogP contribution in [0, 0.1) is 6.92 Å². The van der Waals surface area contributed by atoms with Gasteiger partial charge in [0.1, 0.15) is 0 Å². The monoisotopic (exact) mass is 331 g/mol. The second-order valence-corrected chi connectivity index (χ2v) is 5.60. The van der Waals surface area contributed by atoms with E-state index in [2.05, 4.69) is 5.32 Å². The number of methoxy groups -OCH3 is 1. The highest BCUT2D eigenvalue weighted by Crippen LogP contribution is 2.22. The molecule has 0 heterocycles. The van der Waals surface area contributed by atoms with Gasteiger partial charge in [-0.1, -0.05) is 35.9 Å². The molecule has 2 rings (SSSR count). The van der Waals surface area contributed by atoms with Gasteiger partial charge in [-0.2, -0.15) is 0 Å². The molecule has 2 aromatic carbocycles. The first-order chi connectivity index (χ1) is 11.0. The van der Waals surface area contributed by atoms with E-state index in [0.29, 0.717) is 29.1 Å². The lowest BCUT2D eigenvalue weighted by atomic mass is 10.1. The summed E-state index contributed by atoms with van der Waals surface area (Å²) in [7, 11) is 1.31. The molecule has 1 amide bonds. The van der Waals surface area contributed by atoms with E-state index in [9.17, 15) is 9.59 Å². The molecule has 5 heteroatoms. The third-order valence-electron chi connectivity index (χ3n) is 3.47. The van der Waals surface area contributed by atoms with Gasteiger partial charge in [-0.15, -0.1) is 0 Å². The SMILES string of the molecule is COC(=O)c1cccc(C)c1NC(=O)CCc1cccc(Cl)c1. The van der Waals surface area contributed by atoms with Crippen molar-refractivity contribution in [3.05, 3.63) is 64.2 Å². The fourth-order valence-electron chi connectivity index (χ4n) is 2.27. The molecule has 2 aromatic rings. The zero-order valence-electron chi connectivity index (χ0n) is 13.1. The fraction of sp³-hybridized carbons (Fsp3) is 0.222. The summed E-state index contributed by atoms with van der Waals surface area (Å²) < 4.78 is 4.75. The smallest absolute Gasteiger partial charge is 0.339 e. The number of carbonyl (C=O) groups is 2. The molecular formula is C18H18ClNO3. The number of ether oxygens (including phenoxy) is 1. The number of benzene rings is 2. The number of hydrogen-bond acceptors (Lipinski definition) is 3. The third-order valence-corrected chi connectivity index (χ3v) is 3.71. The van der Waals surface area contributed by atoms with Gasteiger partial charge < -0.3 is 10.1 Å². The predicted molar refractivity (Wildman–Crippen MR) is 90.9 cm³/mol. The maximum atomic E-state index is 12.2.